The minimum atomic E-state index is -0.431. The van der Waals surface area contributed by atoms with Gasteiger partial charge in [0.05, 0.1) is 12.8 Å². The molecule has 0 spiro atoms. The first-order valence-corrected chi connectivity index (χ1v) is 8.63. The number of aromatic nitrogens is 2. The monoisotopic (exact) mass is 347 g/mol. The van der Waals surface area contributed by atoms with E-state index in [1.54, 1.807) is 35.0 Å². The summed E-state index contributed by atoms with van der Waals surface area (Å²) in [5.74, 6) is 1.02. The number of urea groups is 1. The second kappa shape index (κ2) is 7.69. The molecule has 3 amide bonds. The van der Waals surface area contributed by atoms with Crippen molar-refractivity contribution in [1.29, 1.82) is 0 Å². The van der Waals surface area contributed by atoms with Crippen molar-refractivity contribution in [3.8, 4) is 0 Å². The highest BCUT2D eigenvalue weighted by atomic mass is 16.5. The Hall–Kier alpha value is -2.35. The van der Waals surface area contributed by atoms with E-state index in [0.29, 0.717) is 37.8 Å². The number of likely N-dealkylation sites (tertiary alicyclic amines) is 1. The lowest BCUT2D eigenvalue weighted by Gasteiger charge is -2.24. The molecule has 3 heterocycles. The molecule has 0 aliphatic carbocycles. The molecule has 0 bridgehead atoms. The van der Waals surface area contributed by atoms with Gasteiger partial charge in [-0.3, -0.25) is 10.1 Å². The van der Waals surface area contributed by atoms with Crippen LogP contribution in [0.15, 0.2) is 24.9 Å². The van der Waals surface area contributed by atoms with Crippen molar-refractivity contribution in [2.45, 2.75) is 25.4 Å². The van der Waals surface area contributed by atoms with Crippen LogP contribution < -0.4 is 5.32 Å². The third-order valence-corrected chi connectivity index (χ3v) is 4.81. The summed E-state index contributed by atoms with van der Waals surface area (Å²) in [7, 11) is 1.65. The Labute approximate surface area is 147 Å². The number of carbonyl (C=O) groups excluding carboxylic acids is 2. The van der Waals surface area contributed by atoms with Gasteiger partial charge >= 0.3 is 6.03 Å². The van der Waals surface area contributed by atoms with Crippen LogP contribution in [0.5, 0.6) is 0 Å². The fraction of sp³-hybridized carbons (Fsp3) is 0.588. The molecule has 136 valence electrons. The van der Waals surface area contributed by atoms with Gasteiger partial charge in [-0.25, -0.2) is 9.48 Å². The van der Waals surface area contributed by atoms with E-state index in [1.807, 2.05) is 0 Å². The number of ether oxygens (including phenoxy) is 1. The van der Waals surface area contributed by atoms with E-state index >= 15 is 0 Å². The third kappa shape index (κ3) is 3.84. The topological polar surface area (TPSA) is 79.7 Å². The molecule has 2 aliphatic heterocycles. The van der Waals surface area contributed by atoms with E-state index in [2.05, 4.69) is 17.0 Å². The van der Waals surface area contributed by atoms with Crippen molar-refractivity contribution in [1.82, 2.24) is 19.6 Å². The Bertz CT molecular complexity index is 638. The summed E-state index contributed by atoms with van der Waals surface area (Å²) in [6.07, 6.45) is 5.00. The molecule has 8 heteroatoms. The molecule has 0 aromatic carbocycles. The standard InChI is InChI=1S/C17H25N5O3/c1-3-8-21-9-5-14(16(21)23)20(2)17(24)19-15-4-7-18-22(15)11-13-6-10-25-12-13/h3-4,7,13-14H,1,5-6,8-12H2,2H3,(H,19,24)/t13-,14+/m0/s1. The van der Waals surface area contributed by atoms with E-state index in [9.17, 15) is 9.59 Å². The van der Waals surface area contributed by atoms with E-state index in [4.69, 9.17) is 4.74 Å². The number of nitrogens with zero attached hydrogens (tertiary/aromatic N) is 4. The van der Waals surface area contributed by atoms with Crippen LogP contribution in [0.2, 0.25) is 0 Å². The summed E-state index contributed by atoms with van der Waals surface area (Å²) in [5, 5.41) is 7.15. The minimum absolute atomic E-state index is 0.0332. The summed E-state index contributed by atoms with van der Waals surface area (Å²) in [5.41, 5.74) is 0. The fourth-order valence-electron chi connectivity index (χ4n) is 3.31. The van der Waals surface area contributed by atoms with Crippen molar-refractivity contribution >= 4 is 17.8 Å². The van der Waals surface area contributed by atoms with Crippen LogP contribution in [0.1, 0.15) is 12.8 Å². The predicted octanol–water partition coefficient (Wildman–Crippen LogP) is 1.17. The maximum absolute atomic E-state index is 12.6. The zero-order chi connectivity index (χ0) is 17.8. The van der Waals surface area contributed by atoms with Crippen molar-refractivity contribution in [2.24, 2.45) is 5.92 Å². The number of rotatable bonds is 6. The van der Waals surface area contributed by atoms with Gasteiger partial charge in [-0.15, -0.1) is 6.58 Å². The Morgan fingerprint density at radius 2 is 2.40 bits per heavy atom. The van der Waals surface area contributed by atoms with Gasteiger partial charge in [0.2, 0.25) is 5.91 Å². The lowest BCUT2D eigenvalue weighted by atomic mass is 10.1. The molecule has 1 N–H and O–H groups in total. The van der Waals surface area contributed by atoms with Crippen molar-refractivity contribution < 1.29 is 14.3 Å². The van der Waals surface area contributed by atoms with Gasteiger partial charge in [0.25, 0.3) is 0 Å². The maximum atomic E-state index is 12.6. The summed E-state index contributed by atoms with van der Waals surface area (Å²) in [6.45, 7) is 7.03. The molecule has 2 saturated heterocycles. The van der Waals surface area contributed by atoms with Crippen LogP contribution in [0, 0.1) is 5.92 Å². The SMILES string of the molecule is C=CCN1CC[C@@H](N(C)C(=O)Nc2ccnn2C[C@@H]2CCOC2)C1=O. The number of amides is 3. The van der Waals surface area contributed by atoms with Crippen molar-refractivity contribution in [3.05, 3.63) is 24.9 Å². The second-order valence-corrected chi connectivity index (χ2v) is 6.55. The van der Waals surface area contributed by atoms with E-state index < -0.39 is 6.04 Å². The highest BCUT2D eigenvalue weighted by Crippen LogP contribution is 2.19. The van der Waals surface area contributed by atoms with Gasteiger partial charge in [-0.05, 0) is 12.8 Å². The molecule has 2 fully saturated rings. The molecule has 1 aromatic heterocycles. The number of hydrogen-bond acceptors (Lipinski definition) is 4. The van der Waals surface area contributed by atoms with Crippen LogP contribution in [0.3, 0.4) is 0 Å². The van der Waals surface area contributed by atoms with Gasteiger partial charge < -0.3 is 14.5 Å². The lowest BCUT2D eigenvalue weighted by molar-refractivity contribution is -0.130. The van der Waals surface area contributed by atoms with E-state index in [0.717, 1.165) is 19.6 Å². The first kappa shape index (κ1) is 17.5. The molecule has 1 aromatic rings. The summed E-state index contributed by atoms with van der Waals surface area (Å²) < 4.78 is 7.17. The summed E-state index contributed by atoms with van der Waals surface area (Å²) >= 11 is 0. The van der Waals surface area contributed by atoms with Gasteiger partial charge in [-0.1, -0.05) is 6.08 Å². The number of likely N-dealkylation sites (N-methyl/N-ethyl adjacent to an activating group) is 1. The highest BCUT2D eigenvalue weighted by Gasteiger charge is 2.36. The molecule has 2 aliphatic rings. The van der Waals surface area contributed by atoms with Crippen molar-refractivity contribution in [3.63, 3.8) is 0 Å². The molecule has 0 unspecified atom stereocenters. The van der Waals surface area contributed by atoms with Gasteiger partial charge in [0.15, 0.2) is 0 Å². The highest BCUT2D eigenvalue weighted by molar-refractivity contribution is 5.93. The molecular weight excluding hydrogens is 322 g/mol. The van der Waals surface area contributed by atoms with Crippen LogP contribution in [0.4, 0.5) is 10.6 Å². The normalized spacial score (nSPS) is 23.1. The van der Waals surface area contributed by atoms with Gasteiger partial charge in [0.1, 0.15) is 11.9 Å². The first-order valence-electron chi connectivity index (χ1n) is 8.63. The number of hydrogen-bond donors (Lipinski definition) is 1. The Morgan fingerprint density at radius 3 is 3.12 bits per heavy atom. The molecule has 25 heavy (non-hydrogen) atoms. The zero-order valence-electron chi connectivity index (χ0n) is 14.6. The van der Waals surface area contributed by atoms with E-state index in [-0.39, 0.29) is 11.9 Å². The maximum Gasteiger partial charge on any atom is 0.323 e. The van der Waals surface area contributed by atoms with Crippen LogP contribution in [0.25, 0.3) is 0 Å². The first-order chi connectivity index (χ1) is 12.1. The third-order valence-electron chi connectivity index (χ3n) is 4.81. The second-order valence-electron chi connectivity index (χ2n) is 6.55. The van der Waals surface area contributed by atoms with Crippen LogP contribution in [-0.2, 0) is 16.1 Å². The molecule has 8 nitrogen and oxygen atoms in total. The Morgan fingerprint density at radius 1 is 1.56 bits per heavy atom. The van der Waals surface area contributed by atoms with E-state index in [1.165, 1.54) is 4.90 Å². The predicted molar refractivity (Wildman–Crippen MR) is 93.1 cm³/mol. The van der Waals surface area contributed by atoms with Gasteiger partial charge in [-0.2, -0.15) is 5.10 Å². The van der Waals surface area contributed by atoms with Crippen LogP contribution in [-0.4, -0.2) is 70.9 Å². The molecular formula is C17H25N5O3. The molecule has 0 saturated carbocycles. The zero-order valence-corrected chi connectivity index (χ0v) is 14.6. The largest absolute Gasteiger partial charge is 0.381 e. The number of nitrogens with one attached hydrogen (secondary N) is 1. The van der Waals surface area contributed by atoms with Crippen molar-refractivity contribution in [2.75, 3.05) is 38.7 Å². The average molecular weight is 347 g/mol. The average Bonchev–Trinajstić information content (AvgIpc) is 3.32. The minimum Gasteiger partial charge on any atom is -0.381 e. The summed E-state index contributed by atoms with van der Waals surface area (Å²) in [6, 6.07) is 1.03. The molecule has 2 atom stereocenters. The van der Waals surface area contributed by atoms with Gasteiger partial charge in [0, 0.05) is 45.3 Å². The Kier molecular flexibility index (Phi) is 5.37. The smallest absolute Gasteiger partial charge is 0.323 e. The molecule has 3 rings (SSSR count). The number of anilines is 1. The van der Waals surface area contributed by atoms with Crippen LogP contribution >= 0.6 is 0 Å². The fourth-order valence-corrected chi connectivity index (χ4v) is 3.31. The molecule has 0 radical (unpaired) electrons. The quantitative estimate of drug-likeness (QED) is 0.784. The Balaban J connectivity index is 1.59. The summed E-state index contributed by atoms with van der Waals surface area (Å²) in [4.78, 5) is 28.1. The lowest BCUT2D eigenvalue weighted by Crippen LogP contribution is -2.45. The number of carbonyl (C=O) groups is 2.